The zero-order valence-electron chi connectivity index (χ0n) is 17.6. The molecule has 2 aromatic heterocycles. The number of hydrogen-bond acceptors (Lipinski definition) is 5. The van der Waals surface area contributed by atoms with E-state index in [0.29, 0.717) is 12.8 Å². The van der Waals surface area contributed by atoms with Crippen molar-refractivity contribution < 1.29 is 14.3 Å². The van der Waals surface area contributed by atoms with Crippen LogP contribution in [0.25, 0.3) is 5.65 Å². The Bertz CT molecular complexity index is 976. The van der Waals surface area contributed by atoms with Crippen LogP contribution < -0.4 is 9.47 Å². The number of aromatic nitrogens is 2. The number of nitrogens with zero attached hydrogens (tertiary/aromatic N) is 4. The van der Waals surface area contributed by atoms with Gasteiger partial charge < -0.3 is 18.8 Å². The summed E-state index contributed by atoms with van der Waals surface area (Å²) >= 11 is 0. The Hall–Kier alpha value is -3.06. The number of imidazole rings is 1. The lowest BCUT2D eigenvalue weighted by Gasteiger charge is -2.34. The van der Waals surface area contributed by atoms with Crippen LogP contribution in [-0.4, -0.2) is 65.5 Å². The van der Waals surface area contributed by atoms with Crippen molar-refractivity contribution in [3.05, 3.63) is 60.0 Å². The SMILES string of the molecule is COc1ccc(OC)c(CCC(=O)N2CCN(Cc3cn4ccccc4n3)CC2)c1. The summed E-state index contributed by atoms with van der Waals surface area (Å²) in [5.74, 6) is 1.76. The number of piperazine rings is 1. The second kappa shape index (κ2) is 9.17. The molecule has 0 bridgehead atoms. The number of hydrogen-bond donors (Lipinski definition) is 0. The molecule has 0 N–H and O–H groups in total. The first-order valence-corrected chi connectivity index (χ1v) is 10.3. The number of amides is 1. The Balaban J connectivity index is 1.28. The van der Waals surface area contributed by atoms with E-state index in [-0.39, 0.29) is 5.91 Å². The van der Waals surface area contributed by atoms with Crippen LogP contribution in [0, 0.1) is 0 Å². The van der Waals surface area contributed by atoms with Gasteiger partial charge in [0.25, 0.3) is 0 Å². The van der Waals surface area contributed by atoms with Crippen molar-refractivity contribution >= 4 is 11.6 Å². The highest BCUT2D eigenvalue weighted by Crippen LogP contribution is 2.25. The number of benzene rings is 1. The maximum atomic E-state index is 12.7. The van der Waals surface area contributed by atoms with Crippen LogP contribution in [0.5, 0.6) is 11.5 Å². The summed E-state index contributed by atoms with van der Waals surface area (Å²) in [6, 6.07) is 11.7. The van der Waals surface area contributed by atoms with Crippen LogP contribution in [0.4, 0.5) is 0 Å². The van der Waals surface area contributed by atoms with Gasteiger partial charge in [-0.3, -0.25) is 9.69 Å². The van der Waals surface area contributed by atoms with Gasteiger partial charge in [0, 0.05) is 51.5 Å². The molecule has 1 aliphatic rings. The molecule has 0 saturated carbocycles. The number of carbonyl (C=O) groups is 1. The standard InChI is InChI=1S/C23H28N4O3/c1-29-20-7-8-21(30-2)18(15-20)6-9-23(28)26-13-11-25(12-14-26)16-19-17-27-10-4-3-5-22(27)24-19/h3-5,7-8,10,15,17H,6,9,11-14,16H2,1-2H3. The van der Waals surface area contributed by atoms with Gasteiger partial charge in [0.15, 0.2) is 0 Å². The fraction of sp³-hybridized carbons (Fsp3) is 0.391. The summed E-state index contributed by atoms with van der Waals surface area (Å²) in [7, 11) is 3.29. The summed E-state index contributed by atoms with van der Waals surface area (Å²) in [4.78, 5) is 21.7. The third-order valence-electron chi connectivity index (χ3n) is 5.62. The van der Waals surface area contributed by atoms with Gasteiger partial charge in [-0.25, -0.2) is 4.98 Å². The first-order chi connectivity index (χ1) is 14.7. The van der Waals surface area contributed by atoms with E-state index in [1.54, 1.807) is 14.2 Å². The van der Waals surface area contributed by atoms with Crippen molar-refractivity contribution in [3.8, 4) is 11.5 Å². The molecule has 1 amide bonds. The minimum Gasteiger partial charge on any atom is -0.497 e. The lowest BCUT2D eigenvalue weighted by atomic mass is 10.1. The van der Waals surface area contributed by atoms with Crippen LogP contribution in [0.2, 0.25) is 0 Å². The molecule has 0 atom stereocenters. The summed E-state index contributed by atoms with van der Waals surface area (Å²) < 4.78 is 12.8. The Morgan fingerprint density at radius 1 is 1.07 bits per heavy atom. The Morgan fingerprint density at radius 2 is 1.90 bits per heavy atom. The molecule has 1 saturated heterocycles. The Labute approximate surface area is 176 Å². The van der Waals surface area contributed by atoms with Crippen molar-refractivity contribution in [1.29, 1.82) is 0 Å². The minimum atomic E-state index is 0.187. The fourth-order valence-electron chi connectivity index (χ4n) is 3.92. The number of pyridine rings is 1. The second-order valence-corrected chi connectivity index (χ2v) is 7.53. The zero-order valence-corrected chi connectivity index (χ0v) is 17.6. The average Bonchev–Trinajstić information content (AvgIpc) is 3.20. The van der Waals surface area contributed by atoms with Crippen molar-refractivity contribution in [2.24, 2.45) is 0 Å². The van der Waals surface area contributed by atoms with Gasteiger partial charge in [0.1, 0.15) is 17.1 Å². The first kappa shape index (κ1) is 20.2. The van der Waals surface area contributed by atoms with Crippen molar-refractivity contribution in [3.63, 3.8) is 0 Å². The third kappa shape index (κ3) is 4.57. The van der Waals surface area contributed by atoms with E-state index in [4.69, 9.17) is 9.47 Å². The quantitative estimate of drug-likeness (QED) is 0.602. The first-order valence-electron chi connectivity index (χ1n) is 10.3. The smallest absolute Gasteiger partial charge is 0.222 e. The molecule has 30 heavy (non-hydrogen) atoms. The predicted octanol–water partition coefficient (Wildman–Crippen LogP) is 2.63. The van der Waals surface area contributed by atoms with Crippen molar-refractivity contribution in [2.75, 3.05) is 40.4 Å². The predicted molar refractivity (Wildman–Crippen MR) is 115 cm³/mol. The zero-order chi connectivity index (χ0) is 20.9. The number of rotatable bonds is 7. The number of methoxy groups -OCH3 is 2. The van der Waals surface area contributed by atoms with Crippen LogP contribution >= 0.6 is 0 Å². The molecule has 7 nitrogen and oxygen atoms in total. The molecular formula is C23H28N4O3. The van der Waals surface area contributed by atoms with Gasteiger partial charge in [-0.15, -0.1) is 0 Å². The molecule has 0 unspecified atom stereocenters. The van der Waals surface area contributed by atoms with E-state index in [0.717, 1.165) is 61.1 Å². The maximum Gasteiger partial charge on any atom is 0.222 e. The van der Waals surface area contributed by atoms with Gasteiger partial charge in [-0.1, -0.05) is 6.07 Å². The molecule has 3 aromatic rings. The van der Waals surface area contributed by atoms with Gasteiger partial charge in [-0.05, 0) is 42.3 Å². The molecular weight excluding hydrogens is 380 g/mol. The molecule has 1 aliphatic heterocycles. The second-order valence-electron chi connectivity index (χ2n) is 7.53. The molecule has 1 fully saturated rings. The van der Waals surface area contributed by atoms with Crippen molar-refractivity contribution in [2.45, 2.75) is 19.4 Å². The van der Waals surface area contributed by atoms with Crippen LogP contribution in [0.15, 0.2) is 48.8 Å². The highest BCUT2D eigenvalue weighted by molar-refractivity contribution is 5.76. The summed E-state index contributed by atoms with van der Waals surface area (Å²) in [5, 5.41) is 0. The highest BCUT2D eigenvalue weighted by Gasteiger charge is 2.22. The largest absolute Gasteiger partial charge is 0.497 e. The van der Waals surface area contributed by atoms with Gasteiger partial charge in [0.2, 0.25) is 5.91 Å². The molecule has 4 rings (SSSR count). The number of carbonyl (C=O) groups excluding carboxylic acids is 1. The van der Waals surface area contributed by atoms with Gasteiger partial charge >= 0.3 is 0 Å². The maximum absolute atomic E-state index is 12.7. The van der Waals surface area contributed by atoms with E-state index in [2.05, 4.69) is 16.1 Å². The van der Waals surface area contributed by atoms with Crippen molar-refractivity contribution in [1.82, 2.24) is 19.2 Å². The molecule has 158 valence electrons. The van der Waals surface area contributed by atoms with Crippen LogP contribution in [0.3, 0.4) is 0 Å². The highest BCUT2D eigenvalue weighted by atomic mass is 16.5. The summed E-state index contributed by atoms with van der Waals surface area (Å²) in [6.45, 7) is 4.04. The molecule has 3 heterocycles. The lowest BCUT2D eigenvalue weighted by molar-refractivity contribution is -0.133. The van der Waals surface area contributed by atoms with Gasteiger partial charge in [0.05, 0.1) is 19.9 Å². The van der Waals surface area contributed by atoms with Crippen LogP contribution in [0.1, 0.15) is 17.7 Å². The Morgan fingerprint density at radius 3 is 2.63 bits per heavy atom. The lowest BCUT2D eigenvalue weighted by Crippen LogP contribution is -2.48. The molecule has 0 spiro atoms. The van der Waals surface area contributed by atoms with E-state index >= 15 is 0 Å². The fourth-order valence-corrected chi connectivity index (χ4v) is 3.92. The Kier molecular flexibility index (Phi) is 6.18. The van der Waals surface area contributed by atoms with E-state index < -0.39 is 0 Å². The van der Waals surface area contributed by atoms with E-state index in [1.807, 2.05) is 51.9 Å². The summed E-state index contributed by atoms with van der Waals surface area (Å²) in [6.07, 6.45) is 5.20. The third-order valence-corrected chi connectivity index (χ3v) is 5.62. The monoisotopic (exact) mass is 408 g/mol. The van der Waals surface area contributed by atoms with Crippen LogP contribution in [-0.2, 0) is 17.8 Å². The summed E-state index contributed by atoms with van der Waals surface area (Å²) in [5.41, 5.74) is 3.02. The topological polar surface area (TPSA) is 59.3 Å². The van der Waals surface area contributed by atoms with E-state index in [1.165, 1.54) is 0 Å². The minimum absolute atomic E-state index is 0.187. The normalized spacial score (nSPS) is 14.8. The van der Waals surface area contributed by atoms with E-state index in [9.17, 15) is 4.79 Å². The molecule has 7 heteroatoms. The molecule has 0 radical (unpaired) electrons. The number of fused-ring (bicyclic) bond motifs is 1. The average molecular weight is 409 g/mol. The molecule has 0 aliphatic carbocycles. The number of aryl methyl sites for hydroxylation is 1. The van der Waals surface area contributed by atoms with Gasteiger partial charge in [-0.2, -0.15) is 0 Å². The number of ether oxygens (including phenoxy) is 2. The molecule has 1 aromatic carbocycles.